The molecule has 0 aliphatic rings. The Morgan fingerprint density at radius 3 is 2.16 bits per heavy atom. The minimum atomic E-state index is 0.0503. The summed E-state index contributed by atoms with van der Waals surface area (Å²) in [7, 11) is 0. The predicted molar refractivity (Wildman–Crippen MR) is 78.2 cm³/mol. The monoisotopic (exact) mass is 256 g/mol. The van der Waals surface area contributed by atoms with E-state index < -0.39 is 0 Å². The van der Waals surface area contributed by atoms with Crippen LogP contribution >= 0.6 is 0 Å². The standard InChI is InChI=1S/C16H20N2O/c17-12-4-7-16(18)13-8-10-15(11-9-13)19-14-5-2-1-3-6-14/h1-3,5-6,8-11,16H,4,7,12,17-18H2. The van der Waals surface area contributed by atoms with Crippen LogP contribution in [0.5, 0.6) is 11.5 Å². The lowest BCUT2D eigenvalue weighted by Gasteiger charge is -2.12. The lowest BCUT2D eigenvalue weighted by atomic mass is 10.0. The van der Waals surface area contributed by atoms with Gasteiger partial charge in [0.2, 0.25) is 0 Å². The normalized spacial score (nSPS) is 12.1. The van der Waals surface area contributed by atoms with E-state index in [-0.39, 0.29) is 6.04 Å². The fourth-order valence-corrected chi connectivity index (χ4v) is 1.91. The Morgan fingerprint density at radius 2 is 1.53 bits per heavy atom. The van der Waals surface area contributed by atoms with Crippen molar-refractivity contribution in [1.82, 2.24) is 0 Å². The molecule has 0 aliphatic heterocycles. The first-order chi connectivity index (χ1) is 9.29. The summed E-state index contributed by atoms with van der Waals surface area (Å²) in [5, 5.41) is 0. The van der Waals surface area contributed by atoms with Gasteiger partial charge in [-0.3, -0.25) is 0 Å². The molecule has 2 aromatic carbocycles. The molecule has 0 saturated carbocycles. The molecule has 0 spiro atoms. The highest BCUT2D eigenvalue weighted by Crippen LogP contribution is 2.23. The van der Waals surface area contributed by atoms with Gasteiger partial charge in [-0.05, 0) is 49.2 Å². The van der Waals surface area contributed by atoms with E-state index >= 15 is 0 Å². The fraction of sp³-hybridized carbons (Fsp3) is 0.250. The average molecular weight is 256 g/mol. The van der Waals surface area contributed by atoms with Crippen LogP contribution in [0.3, 0.4) is 0 Å². The molecule has 19 heavy (non-hydrogen) atoms. The lowest BCUT2D eigenvalue weighted by molar-refractivity contribution is 0.482. The second-order valence-electron chi connectivity index (χ2n) is 4.52. The molecule has 0 heterocycles. The summed E-state index contributed by atoms with van der Waals surface area (Å²) in [6.45, 7) is 0.683. The van der Waals surface area contributed by atoms with Crippen molar-refractivity contribution in [3.63, 3.8) is 0 Å². The topological polar surface area (TPSA) is 61.3 Å². The maximum atomic E-state index is 6.09. The molecule has 1 unspecified atom stereocenters. The molecule has 3 nitrogen and oxygen atoms in total. The van der Waals surface area contributed by atoms with Crippen molar-refractivity contribution >= 4 is 0 Å². The molecular formula is C16H20N2O. The summed E-state index contributed by atoms with van der Waals surface area (Å²) in [6, 6.07) is 17.7. The number of benzene rings is 2. The maximum Gasteiger partial charge on any atom is 0.127 e. The van der Waals surface area contributed by atoms with Crippen LogP contribution in [0.15, 0.2) is 54.6 Å². The van der Waals surface area contributed by atoms with Gasteiger partial charge in [0.25, 0.3) is 0 Å². The van der Waals surface area contributed by atoms with Crippen LogP contribution in [0.25, 0.3) is 0 Å². The van der Waals surface area contributed by atoms with Gasteiger partial charge >= 0.3 is 0 Å². The first-order valence-corrected chi connectivity index (χ1v) is 6.58. The molecule has 0 aromatic heterocycles. The van der Waals surface area contributed by atoms with Gasteiger partial charge in [0.1, 0.15) is 11.5 Å². The van der Waals surface area contributed by atoms with E-state index in [1.165, 1.54) is 0 Å². The van der Waals surface area contributed by atoms with Crippen LogP contribution in [0, 0.1) is 0 Å². The fourth-order valence-electron chi connectivity index (χ4n) is 1.91. The first-order valence-electron chi connectivity index (χ1n) is 6.58. The molecule has 0 radical (unpaired) electrons. The van der Waals surface area contributed by atoms with Crippen LogP contribution in [0.4, 0.5) is 0 Å². The largest absolute Gasteiger partial charge is 0.457 e. The number of hydrogen-bond donors (Lipinski definition) is 2. The van der Waals surface area contributed by atoms with Crippen molar-refractivity contribution < 1.29 is 4.74 Å². The smallest absolute Gasteiger partial charge is 0.127 e. The molecule has 2 rings (SSSR count). The number of rotatable bonds is 6. The van der Waals surface area contributed by atoms with Gasteiger partial charge in [-0.15, -0.1) is 0 Å². The molecule has 3 heteroatoms. The van der Waals surface area contributed by atoms with Crippen molar-refractivity contribution in [3.8, 4) is 11.5 Å². The van der Waals surface area contributed by atoms with Crippen molar-refractivity contribution in [1.29, 1.82) is 0 Å². The molecule has 0 aliphatic carbocycles. The van der Waals surface area contributed by atoms with E-state index in [4.69, 9.17) is 16.2 Å². The number of nitrogens with two attached hydrogens (primary N) is 2. The third kappa shape index (κ3) is 4.09. The Labute approximate surface area is 114 Å². The zero-order valence-electron chi connectivity index (χ0n) is 11.0. The third-order valence-electron chi connectivity index (χ3n) is 3.01. The molecule has 1 atom stereocenters. The second kappa shape index (κ2) is 6.92. The summed E-state index contributed by atoms with van der Waals surface area (Å²) >= 11 is 0. The van der Waals surface area contributed by atoms with E-state index in [0.29, 0.717) is 6.54 Å². The second-order valence-corrected chi connectivity index (χ2v) is 4.52. The molecule has 4 N–H and O–H groups in total. The zero-order chi connectivity index (χ0) is 13.5. The van der Waals surface area contributed by atoms with Crippen LogP contribution in [0.2, 0.25) is 0 Å². The minimum absolute atomic E-state index is 0.0503. The van der Waals surface area contributed by atoms with Crippen LogP contribution < -0.4 is 16.2 Å². The summed E-state index contributed by atoms with van der Waals surface area (Å²) in [4.78, 5) is 0. The number of ether oxygens (including phenoxy) is 1. The van der Waals surface area contributed by atoms with Crippen molar-refractivity contribution in [3.05, 3.63) is 60.2 Å². The van der Waals surface area contributed by atoms with Crippen molar-refractivity contribution in [2.45, 2.75) is 18.9 Å². The van der Waals surface area contributed by atoms with E-state index in [2.05, 4.69) is 0 Å². The number of para-hydroxylation sites is 1. The predicted octanol–water partition coefficient (Wildman–Crippen LogP) is 3.22. The van der Waals surface area contributed by atoms with Gasteiger partial charge in [0, 0.05) is 6.04 Å². The van der Waals surface area contributed by atoms with E-state index in [1.54, 1.807) is 0 Å². The van der Waals surface area contributed by atoms with Gasteiger partial charge in [-0.1, -0.05) is 30.3 Å². The summed E-state index contributed by atoms with van der Waals surface area (Å²) in [5.74, 6) is 1.66. The van der Waals surface area contributed by atoms with Gasteiger partial charge in [0.15, 0.2) is 0 Å². The molecule has 0 saturated heterocycles. The molecule has 100 valence electrons. The highest BCUT2D eigenvalue weighted by molar-refractivity contribution is 5.33. The minimum Gasteiger partial charge on any atom is -0.457 e. The summed E-state index contributed by atoms with van der Waals surface area (Å²) in [6.07, 6.45) is 1.86. The molecule has 0 bridgehead atoms. The quantitative estimate of drug-likeness (QED) is 0.834. The maximum absolute atomic E-state index is 6.09. The molecular weight excluding hydrogens is 236 g/mol. The number of hydrogen-bond acceptors (Lipinski definition) is 3. The highest BCUT2D eigenvalue weighted by atomic mass is 16.5. The lowest BCUT2D eigenvalue weighted by Crippen LogP contribution is -2.12. The summed E-state index contributed by atoms with van der Waals surface area (Å²) in [5.41, 5.74) is 12.7. The van der Waals surface area contributed by atoms with Gasteiger partial charge in [-0.2, -0.15) is 0 Å². The Kier molecular flexibility index (Phi) is 4.95. The van der Waals surface area contributed by atoms with E-state index in [1.807, 2.05) is 54.6 Å². The van der Waals surface area contributed by atoms with Gasteiger partial charge in [0.05, 0.1) is 0 Å². The van der Waals surface area contributed by atoms with Crippen molar-refractivity contribution in [2.75, 3.05) is 6.54 Å². The SMILES string of the molecule is NCCCC(N)c1ccc(Oc2ccccc2)cc1. The summed E-state index contributed by atoms with van der Waals surface area (Å²) < 4.78 is 5.73. The highest BCUT2D eigenvalue weighted by Gasteiger charge is 2.05. The molecule has 0 fully saturated rings. The van der Waals surface area contributed by atoms with Crippen molar-refractivity contribution in [2.24, 2.45) is 11.5 Å². The Morgan fingerprint density at radius 1 is 0.895 bits per heavy atom. The Balaban J connectivity index is 1.98. The third-order valence-corrected chi connectivity index (χ3v) is 3.01. The van der Waals surface area contributed by atoms with Crippen LogP contribution in [-0.2, 0) is 0 Å². The molecule has 2 aromatic rings. The molecule has 0 amide bonds. The Hall–Kier alpha value is -1.84. The van der Waals surface area contributed by atoms with E-state index in [0.717, 1.165) is 29.9 Å². The first kappa shape index (κ1) is 13.6. The average Bonchev–Trinajstić information content (AvgIpc) is 2.46. The van der Waals surface area contributed by atoms with Crippen LogP contribution in [0.1, 0.15) is 24.4 Å². The van der Waals surface area contributed by atoms with E-state index in [9.17, 15) is 0 Å². The van der Waals surface area contributed by atoms with Gasteiger partial charge in [-0.25, -0.2) is 0 Å². The Bertz CT molecular complexity index is 482. The van der Waals surface area contributed by atoms with Gasteiger partial charge < -0.3 is 16.2 Å². The van der Waals surface area contributed by atoms with Crippen LogP contribution in [-0.4, -0.2) is 6.54 Å². The zero-order valence-corrected chi connectivity index (χ0v) is 11.0.